The fraction of sp³-hybridized carbons (Fsp3) is 0.364. The van der Waals surface area contributed by atoms with Gasteiger partial charge in [0.2, 0.25) is 0 Å². The Morgan fingerprint density at radius 2 is 2.06 bits per heavy atom. The number of aromatic nitrogens is 5. The van der Waals surface area contributed by atoms with E-state index in [1.54, 1.807) is 12.3 Å². The Labute approximate surface area is 197 Å². The van der Waals surface area contributed by atoms with Gasteiger partial charge in [0.15, 0.2) is 0 Å². The molecule has 0 spiro atoms. The van der Waals surface area contributed by atoms with Gasteiger partial charge in [-0.2, -0.15) is 13.2 Å². The highest BCUT2D eigenvalue weighted by Gasteiger charge is 2.40. The minimum Gasteiger partial charge on any atom is -0.338 e. The van der Waals surface area contributed by atoms with Crippen LogP contribution >= 0.6 is 11.6 Å². The molecule has 8 nitrogen and oxygen atoms in total. The molecule has 1 aliphatic heterocycles. The molecule has 0 bridgehead atoms. The molecule has 2 N–H and O–H groups in total. The van der Waals surface area contributed by atoms with Gasteiger partial charge in [-0.3, -0.25) is 0 Å². The highest BCUT2D eigenvalue weighted by molar-refractivity contribution is 6.38. The maximum absolute atomic E-state index is 12.7. The second-order valence-electron chi connectivity index (χ2n) is 8.97. The van der Waals surface area contributed by atoms with Crippen LogP contribution in [0.4, 0.5) is 18.0 Å². The number of urea groups is 1. The molecule has 1 aliphatic rings. The van der Waals surface area contributed by atoms with Gasteiger partial charge in [0.25, 0.3) is 0 Å². The molecule has 0 atom stereocenters. The third-order valence-electron chi connectivity index (χ3n) is 6.05. The van der Waals surface area contributed by atoms with E-state index in [-0.39, 0.29) is 13.1 Å². The number of alkyl halides is 3. The topological polar surface area (TPSA) is 91.7 Å². The molecule has 178 valence electrons. The fourth-order valence-electron chi connectivity index (χ4n) is 4.75. The van der Waals surface area contributed by atoms with E-state index >= 15 is 0 Å². The molecule has 0 fully saturated rings. The maximum Gasteiger partial charge on any atom is 0.405 e. The first-order valence-electron chi connectivity index (χ1n) is 10.6. The molecule has 4 aromatic heterocycles. The van der Waals surface area contributed by atoms with Gasteiger partial charge in [0, 0.05) is 34.8 Å². The number of rotatable bonds is 2. The van der Waals surface area contributed by atoms with Crippen molar-refractivity contribution in [2.75, 3.05) is 13.1 Å². The highest BCUT2D eigenvalue weighted by atomic mass is 35.5. The molecule has 12 heteroatoms. The molecular weight excluding hydrogens is 471 g/mol. The molecule has 0 aromatic carbocycles. The minimum absolute atomic E-state index is 0.0668. The van der Waals surface area contributed by atoms with Crippen LogP contribution < -0.4 is 5.32 Å². The lowest BCUT2D eigenvalue weighted by molar-refractivity contribution is -0.123. The summed E-state index contributed by atoms with van der Waals surface area (Å²) in [4.78, 5) is 30.6. The van der Waals surface area contributed by atoms with Gasteiger partial charge in [-0.1, -0.05) is 11.6 Å². The van der Waals surface area contributed by atoms with Crippen molar-refractivity contribution in [2.45, 2.75) is 39.0 Å². The summed E-state index contributed by atoms with van der Waals surface area (Å²) in [5.74, 6) is 0. The largest absolute Gasteiger partial charge is 0.405 e. The van der Waals surface area contributed by atoms with Crippen molar-refractivity contribution in [1.29, 1.82) is 0 Å². The summed E-state index contributed by atoms with van der Waals surface area (Å²) in [7, 11) is 0. The number of hydrogen-bond donors (Lipinski definition) is 2. The number of hydrogen-bond acceptors (Lipinski definition) is 4. The third-order valence-corrected chi connectivity index (χ3v) is 6.44. The Bertz CT molecular complexity index is 1440. The first-order valence-corrected chi connectivity index (χ1v) is 10.9. The number of nitrogens with zero attached hydrogens (tertiary/aromatic N) is 5. The zero-order valence-corrected chi connectivity index (χ0v) is 19.3. The third kappa shape index (κ3) is 3.54. The molecule has 0 radical (unpaired) electrons. The van der Waals surface area contributed by atoms with Crippen molar-refractivity contribution < 1.29 is 18.0 Å². The molecule has 4 aromatic rings. The standard InChI is InChI=1S/C22H21ClF3N7O/c1-11-14-15(17-16(23)12-5-4-6-27-18(12)31-17)13-7-32(20(34)28-8-22(24,25)26)9-21(2,3)33(13)19(14)30-10-29-11/h4-6,10H,7-9H2,1-3H3,(H,27,31)(H,28,34). The number of aromatic amines is 1. The fourth-order valence-corrected chi connectivity index (χ4v) is 5.04. The number of carbonyl (C=O) groups excluding carboxylic acids is 1. The van der Waals surface area contributed by atoms with Gasteiger partial charge in [-0.25, -0.2) is 19.7 Å². The summed E-state index contributed by atoms with van der Waals surface area (Å²) in [5, 5.41) is 3.93. The zero-order chi connectivity index (χ0) is 24.4. The number of halogens is 4. The van der Waals surface area contributed by atoms with E-state index in [2.05, 4.69) is 19.9 Å². The molecule has 34 heavy (non-hydrogen) atoms. The Morgan fingerprint density at radius 1 is 1.29 bits per heavy atom. The Hall–Kier alpha value is -3.34. The Morgan fingerprint density at radius 3 is 2.76 bits per heavy atom. The van der Waals surface area contributed by atoms with Crippen molar-refractivity contribution in [2.24, 2.45) is 0 Å². The van der Waals surface area contributed by atoms with Crippen LogP contribution in [0.1, 0.15) is 25.2 Å². The first-order chi connectivity index (χ1) is 16.0. The number of amides is 2. The van der Waals surface area contributed by atoms with Crippen LogP contribution in [-0.2, 0) is 12.1 Å². The second kappa shape index (κ2) is 7.59. The molecule has 2 amide bonds. The lowest BCUT2D eigenvalue weighted by Gasteiger charge is -2.41. The Kier molecular flexibility index (Phi) is 5.01. The van der Waals surface area contributed by atoms with Crippen LogP contribution in [0.2, 0.25) is 5.02 Å². The van der Waals surface area contributed by atoms with E-state index in [0.29, 0.717) is 39.0 Å². The molecule has 0 saturated carbocycles. The van der Waals surface area contributed by atoms with Crippen LogP contribution in [0.3, 0.4) is 0 Å². The average Bonchev–Trinajstić information content (AvgIpc) is 3.27. The van der Waals surface area contributed by atoms with Crippen molar-refractivity contribution in [3.63, 3.8) is 0 Å². The van der Waals surface area contributed by atoms with Gasteiger partial charge >= 0.3 is 12.2 Å². The van der Waals surface area contributed by atoms with Crippen molar-refractivity contribution in [3.05, 3.63) is 41.1 Å². The van der Waals surface area contributed by atoms with Gasteiger partial charge < -0.3 is 19.8 Å². The summed E-state index contributed by atoms with van der Waals surface area (Å²) in [6.45, 7) is 4.54. The first kappa shape index (κ1) is 22.5. The summed E-state index contributed by atoms with van der Waals surface area (Å²) in [5.41, 5.74) is 3.31. The number of nitrogens with one attached hydrogen (secondary N) is 2. The summed E-state index contributed by atoms with van der Waals surface area (Å²) >= 11 is 6.77. The van der Waals surface area contributed by atoms with Gasteiger partial charge in [0.1, 0.15) is 24.2 Å². The monoisotopic (exact) mass is 491 g/mol. The van der Waals surface area contributed by atoms with Crippen molar-refractivity contribution >= 4 is 39.7 Å². The molecule has 0 unspecified atom stereocenters. The molecule has 5 rings (SSSR count). The lowest BCUT2D eigenvalue weighted by Crippen LogP contribution is -2.53. The van der Waals surface area contributed by atoms with E-state index in [1.165, 1.54) is 11.2 Å². The molecular formula is C22H21ClF3N7O. The molecule has 0 aliphatic carbocycles. The highest BCUT2D eigenvalue weighted by Crippen LogP contribution is 2.45. The van der Waals surface area contributed by atoms with Gasteiger partial charge in [-0.05, 0) is 32.9 Å². The maximum atomic E-state index is 12.7. The number of pyridine rings is 1. The van der Waals surface area contributed by atoms with Gasteiger partial charge in [0.05, 0.1) is 28.5 Å². The number of carbonyl (C=O) groups is 1. The van der Waals surface area contributed by atoms with Gasteiger partial charge in [-0.15, -0.1) is 0 Å². The summed E-state index contributed by atoms with van der Waals surface area (Å²) in [6, 6.07) is 2.84. The van der Waals surface area contributed by atoms with E-state index in [4.69, 9.17) is 11.6 Å². The van der Waals surface area contributed by atoms with Crippen molar-refractivity contribution in [1.82, 2.24) is 34.7 Å². The van der Waals surface area contributed by atoms with E-state index in [0.717, 1.165) is 10.8 Å². The molecule has 5 heterocycles. The SMILES string of the molecule is Cc1ncnc2c1c(-c1[nH]c3ncccc3c1Cl)c1n2C(C)(C)CN(C(=O)NCC(F)(F)F)C1. The Balaban J connectivity index is 1.72. The summed E-state index contributed by atoms with van der Waals surface area (Å²) < 4.78 is 40.2. The summed E-state index contributed by atoms with van der Waals surface area (Å²) in [6.07, 6.45) is -1.38. The number of H-pyrrole nitrogens is 1. The minimum atomic E-state index is -4.50. The lowest BCUT2D eigenvalue weighted by atomic mass is 9.99. The number of aryl methyl sites for hydroxylation is 1. The van der Waals surface area contributed by atoms with E-state index in [1.807, 2.05) is 36.7 Å². The van der Waals surface area contributed by atoms with Crippen LogP contribution in [-0.4, -0.2) is 54.7 Å². The molecule has 0 saturated heterocycles. The smallest absolute Gasteiger partial charge is 0.338 e. The van der Waals surface area contributed by atoms with E-state index < -0.39 is 24.3 Å². The van der Waals surface area contributed by atoms with Crippen molar-refractivity contribution in [3.8, 4) is 11.3 Å². The second-order valence-corrected chi connectivity index (χ2v) is 9.35. The number of fused-ring (bicyclic) bond motifs is 4. The normalized spacial score (nSPS) is 15.7. The quantitative estimate of drug-likeness (QED) is 0.423. The van der Waals surface area contributed by atoms with E-state index in [9.17, 15) is 18.0 Å². The van der Waals surface area contributed by atoms with Crippen LogP contribution in [0.25, 0.3) is 33.3 Å². The van der Waals surface area contributed by atoms with Crippen LogP contribution in [0.15, 0.2) is 24.7 Å². The predicted octanol–water partition coefficient (Wildman–Crippen LogP) is 4.76. The van der Waals surface area contributed by atoms with Crippen LogP contribution in [0.5, 0.6) is 0 Å². The average molecular weight is 492 g/mol. The predicted molar refractivity (Wildman–Crippen MR) is 122 cm³/mol. The zero-order valence-electron chi connectivity index (χ0n) is 18.6. The van der Waals surface area contributed by atoms with Crippen LogP contribution in [0, 0.1) is 6.92 Å².